The summed E-state index contributed by atoms with van der Waals surface area (Å²) in [6, 6.07) is 3.93. The van der Waals surface area contributed by atoms with E-state index in [2.05, 4.69) is 18.7 Å². The lowest BCUT2D eigenvalue weighted by Crippen LogP contribution is -2.35. The van der Waals surface area contributed by atoms with Crippen molar-refractivity contribution in [2.24, 2.45) is 0 Å². The van der Waals surface area contributed by atoms with Crippen LogP contribution in [0.5, 0.6) is 0 Å². The Balaban J connectivity index is 2.85. The summed E-state index contributed by atoms with van der Waals surface area (Å²) in [4.78, 5) is 2.12. The Labute approximate surface area is 113 Å². The average Bonchev–Trinajstić information content (AvgIpc) is 2.35. The Morgan fingerprint density at radius 2 is 1.89 bits per heavy atom. The largest absolute Gasteiger partial charge is 0.295 e. The first kappa shape index (κ1) is 15.4. The topological polar surface area (TPSA) is 3.24 Å². The number of halogens is 3. The van der Waals surface area contributed by atoms with Crippen molar-refractivity contribution < 1.29 is 8.78 Å². The predicted molar refractivity (Wildman–Crippen MR) is 71.9 cm³/mol. The summed E-state index contributed by atoms with van der Waals surface area (Å²) < 4.78 is 26.8. The molecule has 0 aliphatic heterocycles. The second kappa shape index (κ2) is 7.70. The summed E-state index contributed by atoms with van der Waals surface area (Å²) in [7, 11) is 0. The fraction of sp³-hybridized carbons (Fsp3) is 0.571. The summed E-state index contributed by atoms with van der Waals surface area (Å²) in [6.07, 6.45) is 1.95. The van der Waals surface area contributed by atoms with Gasteiger partial charge in [0.15, 0.2) is 0 Å². The summed E-state index contributed by atoms with van der Waals surface area (Å²) in [5.74, 6) is -0.267. The number of nitrogens with zero attached hydrogens (tertiary/aromatic N) is 1. The minimum atomic E-state index is -0.401. The molecule has 0 amide bonds. The van der Waals surface area contributed by atoms with Crippen LogP contribution in [0.3, 0.4) is 0 Å². The zero-order chi connectivity index (χ0) is 13.5. The zero-order valence-corrected chi connectivity index (χ0v) is 11.7. The molecule has 0 bridgehead atoms. The van der Waals surface area contributed by atoms with Gasteiger partial charge < -0.3 is 0 Å². The molecule has 0 atom stereocenters. The normalized spacial score (nSPS) is 11.5. The highest BCUT2D eigenvalue weighted by molar-refractivity contribution is 6.18. The van der Waals surface area contributed by atoms with E-state index in [0.717, 1.165) is 18.9 Å². The van der Waals surface area contributed by atoms with E-state index in [9.17, 15) is 8.78 Å². The highest BCUT2D eigenvalue weighted by Crippen LogP contribution is 2.17. The third-order valence-electron chi connectivity index (χ3n) is 3.21. The second-order valence-corrected chi connectivity index (χ2v) is 4.74. The maximum atomic E-state index is 13.6. The standard InChI is InChI=1S/C14H20ClF2N/c1-3-13(4-2)18(8-7-15)10-11-9-12(16)5-6-14(11)17/h5-6,9,13H,3-4,7-8,10H2,1-2H3. The van der Waals surface area contributed by atoms with E-state index in [1.165, 1.54) is 12.1 Å². The van der Waals surface area contributed by atoms with Crippen LogP contribution in [0, 0.1) is 11.6 Å². The smallest absolute Gasteiger partial charge is 0.127 e. The molecule has 0 spiro atoms. The first-order valence-corrected chi connectivity index (χ1v) is 6.89. The molecule has 0 fully saturated rings. The van der Waals surface area contributed by atoms with Crippen LogP contribution in [-0.2, 0) is 6.54 Å². The molecule has 1 aromatic carbocycles. The van der Waals surface area contributed by atoms with E-state index in [1.807, 2.05) is 0 Å². The molecular weight excluding hydrogens is 256 g/mol. The Morgan fingerprint density at radius 3 is 2.44 bits per heavy atom. The lowest BCUT2D eigenvalue weighted by Gasteiger charge is -2.30. The van der Waals surface area contributed by atoms with Crippen LogP contribution in [0.1, 0.15) is 32.3 Å². The van der Waals surface area contributed by atoms with Crippen molar-refractivity contribution in [3.8, 4) is 0 Å². The minimum absolute atomic E-state index is 0.353. The fourth-order valence-electron chi connectivity index (χ4n) is 2.19. The Morgan fingerprint density at radius 1 is 1.22 bits per heavy atom. The first-order chi connectivity index (χ1) is 8.62. The van der Waals surface area contributed by atoms with E-state index < -0.39 is 5.82 Å². The van der Waals surface area contributed by atoms with Gasteiger partial charge in [0.2, 0.25) is 0 Å². The maximum Gasteiger partial charge on any atom is 0.127 e. The number of hydrogen-bond acceptors (Lipinski definition) is 1. The summed E-state index contributed by atoms with van der Waals surface area (Å²) in [5, 5.41) is 0. The Kier molecular flexibility index (Phi) is 6.58. The van der Waals surface area contributed by atoms with Crippen molar-refractivity contribution >= 4 is 11.6 Å². The summed E-state index contributed by atoms with van der Waals surface area (Å²) in [6.45, 7) is 5.28. The Bertz CT molecular complexity index is 367. The third kappa shape index (κ3) is 4.21. The molecular formula is C14H20ClF2N. The van der Waals surface area contributed by atoms with Gasteiger partial charge in [-0.2, -0.15) is 0 Å². The van der Waals surface area contributed by atoms with E-state index in [1.54, 1.807) is 0 Å². The SMILES string of the molecule is CCC(CC)N(CCCl)Cc1cc(F)ccc1F. The van der Waals surface area contributed by atoms with Crippen LogP contribution >= 0.6 is 11.6 Å². The molecule has 0 N–H and O–H groups in total. The van der Waals surface area contributed by atoms with E-state index in [0.29, 0.717) is 30.6 Å². The van der Waals surface area contributed by atoms with Gasteiger partial charge in [-0.3, -0.25) is 4.90 Å². The van der Waals surface area contributed by atoms with E-state index in [-0.39, 0.29) is 5.82 Å². The molecule has 0 aromatic heterocycles. The van der Waals surface area contributed by atoms with Gasteiger partial charge in [0.05, 0.1) is 0 Å². The van der Waals surface area contributed by atoms with Crippen LogP contribution in [-0.4, -0.2) is 23.4 Å². The number of benzene rings is 1. The van der Waals surface area contributed by atoms with Crippen molar-refractivity contribution in [2.45, 2.75) is 39.3 Å². The molecule has 0 saturated heterocycles. The Hall–Kier alpha value is -0.670. The molecule has 0 heterocycles. The lowest BCUT2D eigenvalue weighted by molar-refractivity contribution is 0.185. The van der Waals surface area contributed by atoms with Gasteiger partial charge in [-0.15, -0.1) is 11.6 Å². The van der Waals surface area contributed by atoms with Crippen LogP contribution in [0.4, 0.5) is 8.78 Å². The van der Waals surface area contributed by atoms with Gasteiger partial charge in [-0.05, 0) is 31.0 Å². The van der Waals surface area contributed by atoms with Crippen LogP contribution < -0.4 is 0 Å². The molecule has 4 heteroatoms. The molecule has 1 aromatic rings. The van der Waals surface area contributed by atoms with Crippen molar-refractivity contribution in [3.05, 3.63) is 35.4 Å². The van der Waals surface area contributed by atoms with Gasteiger partial charge in [0, 0.05) is 30.6 Å². The molecule has 0 radical (unpaired) electrons. The van der Waals surface area contributed by atoms with Gasteiger partial charge in [-0.1, -0.05) is 13.8 Å². The first-order valence-electron chi connectivity index (χ1n) is 6.36. The molecule has 1 nitrogen and oxygen atoms in total. The maximum absolute atomic E-state index is 13.6. The van der Waals surface area contributed by atoms with Gasteiger partial charge >= 0.3 is 0 Å². The fourth-order valence-corrected chi connectivity index (χ4v) is 2.40. The number of rotatable bonds is 7. The molecule has 0 aliphatic rings. The minimum Gasteiger partial charge on any atom is -0.295 e. The van der Waals surface area contributed by atoms with Crippen molar-refractivity contribution in [1.29, 1.82) is 0 Å². The highest BCUT2D eigenvalue weighted by atomic mass is 35.5. The molecule has 1 rings (SSSR count). The average molecular weight is 276 g/mol. The molecule has 0 saturated carbocycles. The number of alkyl halides is 1. The van der Waals surface area contributed by atoms with Crippen LogP contribution in [0.2, 0.25) is 0 Å². The quantitative estimate of drug-likeness (QED) is 0.674. The van der Waals surface area contributed by atoms with Gasteiger partial charge in [-0.25, -0.2) is 8.78 Å². The number of hydrogen-bond donors (Lipinski definition) is 0. The van der Waals surface area contributed by atoms with Gasteiger partial charge in [0.1, 0.15) is 11.6 Å². The van der Waals surface area contributed by atoms with E-state index in [4.69, 9.17) is 11.6 Å². The van der Waals surface area contributed by atoms with Crippen LogP contribution in [0.25, 0.3) is 0 Å². The second-order valence-electron chi connectivity index (χ2n) is 4.37. The molecule has 0 unspecified atom stereocenters. The third-order valence-corrected chi connectivity index (χ3v) is 3.38. The molecule has 102 valence electrons. The van der Waals surface area contributed by atoms with Gasteiger partial charge in [0.25, 0.3) is 0 Å². The molecule has 18 heavy (non-hydrogen) atoms. The van der Waals surface area contributed by atoms with Crippen molar-refractivity contribution in [1.82, 2.24) is 4.90 Å². The molecule has 0 aliphatic carbocycles. The van der Waals surface area contributed by atoms with Crippen molar-refractivity contribution in [3.63, 3.8) is 0 Å². The zero-order valence-electron chi connectivity index (χ0n) is 10.9. The predicted octanol–water partition coefficient (Wildman–Crippen LogP) is 4.19. The van der Waals surface area contributed by atoms with Crippen molar-refractivity contribution in [2.75, 3.05) is 12.4 Å². The summed E-state index contributed by atoms with van der Waals surface area (Å²) >= 11 is 5.78. The van der Waals surface area contributed by atoms with E-state index >= 15 is 0 Å². The lowest BCUT2D eigenvalue weighted by atomic mass is 10.1. The highest BCUT2D eigenvalue weighted by Gasteiger charge is 2.16. The van der Waals surface area contributed by atoms with Crippen LogP contribution in [0.15, 0.2) is 18.2 Å². The summed E-state index contributed by atoms with van der Waals surface area (Å²) in [5.41, 5.74) is 0.395. The monoisotopic (exact) mass is 275 g/mol.